The summed E-state index contributed by atoms with van der Waals surface area (Å²) in [6.45, 7) is 1.95. The molecule has 25 heteroatoms. The molecule has 4 aliphatic carbocycles. The first-order valence-electron chi connectivity index (χ1n) is 22.8. The van der Waals surface area contributed by atoms with Crippen LogP contribution in [0, 0.1) is 29.4 Å². The number of sulfone groups is 1. The van der Waals surface area contributed by atoms with E-state index in [9.17, 15) is 56.8 Å². The highest BCUT2D eigenvalue weighted by molar-refractivity contribution is 7.94. The van der Waals surface area contributed by atoms with E-state index in [1.807, 2.05) is 0 Å². The fraction of sp³-hybridized carbons (Fsp3) is 0.489. The Morgan fingerprint density at radius 3 is 2.17 bits per heavy atom. The molecule has 3 aromatic heterocycles. The van der Waals surface area contributed by atoms with Crippen molar-refractivity contribution in [2.75, 3.05) is 4.72 Å². The lowest BCUT2D eigenvalue weighted by Gasteiger charge is -2.26. The molecule has 2 saturated carbocycles. The molecule has 5 aromatic rings. The third-order valence-corrected chi connectivity index (χ3v) is 18.8. The Bertz CT molecular complexity index is 3350. The van der Waals surface area contributed by atoms with Gasteiger partial charge in [0.2, 0.25) is 15.9 Å². The van der Waals surface area contributed by atoms with Crippen LogP contribution in [-0.2, 0) is 69.1 Å². The topological polar surface area (TPSA) is 158 Å². The van der Waals surface area contributed by atoms with Gasteiger partial charge in [0.1, 0.15) is 40.9 Å². The van der Waals surface area contributed by atoms with Gasteiger partial charge in [0.15, 0.2) is 21.3 Å². The number of carbonyl (C=O) groups is 1. The van der Waals surface area contributed by atoms with E-state index in [0.717, 1.165) is 19.1 Å². The Morgan fingerprint density at radius 2 is 1.56 bits per heavy atom. The van der Waals surface area contributed by atoms with Crippen molar-refractivity contribution in [2.45, 2.75) is 138 Å². The monoisotopic (exact) mass is 1080 g/mol. The van der Waals surface area contributed by atoms with Crippen LogP contribution in [0.3, 0.4) is 0 Å². The number of nitrogens with one attached hydrogen (secondary N) is 2. The molecular weight excluding hydrogens is 1030 g/mol. The number of sulfonamides is 1. The average Bonchev–Trinajstić information content (AvgIpc) is 4.18. The lowest BCUT2D eigenvalue weighted by molar-refractivity contribution is -0.143. The Morgan fingerprint density at radius 1 is 0.917 bits per heavy atom. The number of nitrogens with zero attached hydrogens (tertiary/aromatic N) is 5. The largest absolute Gasteiger partial charge is 0.435 e. The molecule has 1 amide bonds. The fourth-order valence-electron chi connectivity index (χ4n) is 9.76. The predicted octanol–water partition coefficient (Wildman–Crippen LogP) is 9.85. The van der Waals surface area contributed by atoms with Crippen LogP contribution in [-0.4, -0.2) is 68.7 Å². The zero-order valence-electron chi connectivity index (χ0n) is 38.6. The minimum absolute atomic E-state index is 0.0183. The Hall–Kier alpha value is -5.41. The summed E-state index contributed by atoms with van der Waals surface area (Å²) in [4.78, 5) is 19.3. The van der Waals surface area contributed by atoms with Crippen molar-refractivity contribution in [3.05, 3.63) is 92.0 Å². The van der Waals surface area contributed by atoms with Gasteiger partial charge in [0.25, 0.3) is 5.92 Å². The van der Waals surface area contributed by atoms with Gasteiger partial charge < -0.3 is 5.32 Å². The number of anilines is 1. The van der Waals surface area contributed by atoms with Gasteiger partial charge in [-0.05, 0) is 112 Å². The zero-order chi connectivity index (χ0) is 52.4. The molecule has 0 spiro atoms. The highest BCUT2D eigenvalue weighted by Gasteiger charge is 2.58. The molecule has 3 heterocycles. The summed E-state index contributed by atoms with van der Waals surface area (Å²) in [6.07, 6.45) is -8.73. The van der Waals surface area contributed by atoms with Gasteiger partial charge in [0.05, 0.1) is 38.2 Å². The van der Waals surface area contributed by atoms with E-state index in [2.05, 4.69) is 32.1 Å². The minimum atomic E-state index is -5.22. The van der Waals surface area contributed by atoms with Crippen molar-refractivity contribution < 1.29 is 65.5 Å². The van der Waals surface area contributed by atoms with Crippen LogP contribution in [0.2, 0.25) is 5.02 Å². The van der Waals surface area contributed by atoms with E-state index in [4.69, 9.17) is 16.6 Å². The maximum atomic E-state index is 15.9. The first kappa shape index (κ1) is 51.5. The van der Waals surface area contributed by atoms with Crippen molar-refractivity contribution in [3.8, 4) is 23.0 Å². The molecule has 386 valence electrons. The van der Waals surface area contributed by atoms with Gasteiger partial charge in [0, 0.05) is 28.7 Å². The quantitative estimate of drug-likeness (QED) is 0.0872. The second-order valence-corrected chi connectivity index (χ2v) is 24.5. The van der Waals surface area contributed by atoms with Crippen molar-refractivity contribution in [1.29, 1.82) is 0 Å². The number of halogens is 11. The number of amides is 1. The number of rotatable bonds is 13. The van der Waals surface area contributed by atoms with Crippen molar-refractivity contribution in [3.63, 3.8) is 0 Å². The Labute approximate surface area is 411 Å². The summed E-state index contributed by atoms with van der Waals surface area (Å²) in [5.74, 6) is -5.21. The zero-order valence-corrected chi connectivity index (χ0v) is 41.0. The number of fused-ring (bicyclic) bond motifs is 3. The standard InChI is InChI=1S/C47H44ClF10N7O5S2/c1-22-23(2)46(54,55)42-36(22)41(47(56,57)58)61-64(42)20-35(66)59-34(18-24-16-25(49)19-26(50)17-24)39-37(30-7-5-6-29(30)33(60-39)14-15-44(3,4)71(67,68)27-8-9-27)31-12-13-32(48)38-40(31)65(21-45(51,52)53)62-43(38)63-72(69,70)28-10-11-28/h12-13,16-17,19,22-23,27-28,34H,5-11,18,20-21H2,1-4H3,(H,59,66)(H,62,63)/t22-,23+,34-/m0/s1. The summed E-state index contributed by atoms with van der Waals surface area (Å²) in [7, 11) is -8.02. The molecule has 2 aromatic carbocycles. The summed E-state index contributed by atoms with van der Waals surface area (Å²) in [5.41, 5.74) is -3.85. The smallest absolute Gasteiger partial charge is 0.346 e. The van der Waals surface area contributed by atoms with Gasteiger partial charge >= 0.3 is 12.4 Å². The summed E-state index contributed by atoms with van der Waals surface area (Å²) >= 11 is 6.70. The molecule has 72 heavy (non-hydrogen) atoms. The lowest BCUT2D eigenvalue weighted by Crippen LogP contribution is -2.35. The maximum Gasteiger partial charge on any atom is 0.435 e. The molecule has 0 radical (unpaired) electrons. The van der Waals surface area contributed by atoms with Crippen molar-refractivity contribution in [2.24, 2.45) is 5.92 Å². The number of carbonyl (C=O) groups excluding carboxylic acids is 1. The summed E-state index contributed by atoms with van der Waals surface area (Å²) in [6, 6.07) is 3.18. The van der Waals surface area contributed by atoms with Crippen LogP contribution in [0.15, 0.2) is 30.3 Å². The minimum Gasteiger partial charge on any atom is -0.346 e. The second kappa shape index (κ2) is 17.6. The number of pyridine rings is 1. The second-order valence-electron chi connectivity index (χ2n) is 19.4. The lowest BCUT2D eigenvalue weighted by atomic mass is 9.88. The van der Waals surface area contributed by atoms with Crippen LogP contribution in [0.5, 0.6) is 0 Å². The third kappa shape index (κ3) is 9.41. The van der Waals surface area contributed by atoms with E-state index in [1.165, 1.54) is 32.9 Å². The molecular formula is C47H44ClF10N7O5S2. The molecule has 3 atom stereocenters. The first-order valence-corrected chi connectivity index (χ1v) is 26.3. The van der Waals surface area contributed by atoms with Gasteiger partial charge in [-0.2, -0.15) is 45.3 Å². The van der Waals surface area contributed by atoms with Gasteiger partial charge in [-0.25, -0.2) is 30.6 Å². The van der Waals surface area contributed by atoms with Gasteiger partial charge in [-0.15, -0.1) is 0 Å². The molecule has 2 N–H and O–H groups in total. The summed E-state index contributed by atoms with van der Waals surface area (Å²) in [5, 5.41) is 8.07. The molecule has 9 rings (SSSR count). The molecule has 2 fully saturated rings. The van der Waals surface area contributed by atoms with Gasteiger partial charge in [-0.3, -0.25) is 18.9 Å². The average molecular weight is 1080 g/mol. The number of hydrogen-bond acceptors (Lipinski definition) is 8. The molecule has 0 unspecified atom stereocenters. The van der Waals surface area contributed by atoms with Crippen molar-refractivity contribution >= 4 is 54.1 Å². The third-order valence-electron chi connectivity index (χ3n) is 13.8. The van der Waals surface area contributed by atoms with E-state index < -0.39 is 131 Å². The molecule has 12 nitrogen and oxygen atoms in total. The summed E-state index contributed by atoms with van der Waals surface area (Å²) < 4.78 is 204. The van der Waals surface area contributed by atoms with Crippen LogP contribution in [0.4, 0.5) is 49.7 Å². The maximum absolute atomic E-state index is 15.9. The fourth-order valence-corrected chi connectivity index (χ4v) is 13.1. The molecule has 0 aliphatic heterocycles. The predicted molar refractivity (Wildman–Crippen MR) is 244 cm³/mol. The highest BCUT2D eigenvalue weighted by atomic mass is 35.5. The highest BCUT2D eigenvalue weighted by Crippen LogP contribution is 2.56. The van der Waals surface area contributed by atoms with Crippen LogP contribution < -0.4 is 10.0 Å². The van der Waals surface area contributed by atoms with Crippen molar-refractivity contribution in [1.82, 2.24) is 29.9 Å². The number of benzene rings is 2. The normalized spacial score (nSPS) is 19.5. The van der Waals surface area contributed by atoms with E-state index in [-0.39, 0.29) is 74.4 Å². The molecule has 0 saturated heterocycles. The van der Waals surface area contributed by atoms with Crippen LogP contribution >= 0.6 is 11.6 Å². The van der Waals surface area contributed by atoms with E-state index in [1.54, 1.807) is 0 Å². The molecule has 4 aliphatic rings. The van der Waals surface area contributed by atoms with E-state index in [0.29, 0.717) is 41.1 Å². The SMILES string of the molecule is C[C@@H]1c2c(C(F)(F)F)nn(CC(=O)N[C@@H](Cc3cc(F)cc(F)c3)c3nc(C#CC(C)(C)S(=O)(=O)C4CC4)c4c(c3-c3ccc(Cl)c5c(NS(=O)(=O)C6CC6)nn(CC(F)(F)F)c35)CCC4)c2C(F)(F)[C@@H]1C. The first-order chi connectivity index (χ1) is 33.4. The Kier molecular flexibility index (Phi) is 12.6. The van der Waals surface area contributed by atoms with Crippen LogP contribution in [0.1, 0.15) is 117 Å². The number of alkyl halides is 8. The van der Waals surface area contributed by atoms with Gasteiger partial charge in [-0.1, -0.05) is 37.4 Å². The number of aromatic nitrogens is 5. The van der Waals surface area contributed by atoms with Crippen LogP contribution in [0.25, 0.3) is 22.0 Å². The number of hydrogen-bond donors (Lipinski definition) is 2. The van der Waals surface area contributed by atoms with E-state index >= 15 is 8.78 Å². The molecule has 0 bridgehead atoms. The Balaban J connectivity index is 1.29.